The fourth-order valence-electron chi connectivity index (χ4n) is 1.79. The van der Waals surface area contributed by atoms with Crippen LogP contribution in [-0.2, 0) is 4.74 Å². The van der Waals surface area contributed by atoms with Crippen molar-refractivity contribution < 1.29 is 9.13 Å². The van der Waals surface area contributed by atoms with E-state index in [-0.39, 0.29) is 0 Å². The minimum absolute atomic E-state index is 0.311. The summed E-state index contributed by atoms with van der Waals surface area (Å²) < 4.78 is 18.1. The topological polar surface area (TPSA) is 60.2 Å². The second kappa shape index (κ2) is 10.8. The molecule has 0 bridgehead atoms. The number of ether oxygens (including phenoxy) is 1. The maximum Gasteiger partial charge on any atom is 0.142 e. The quantitative estimate of drug-likeness (QED) is 0.628. The van der Waals surface area contributed by atoms with E-state index in [0.29, 0.717) is 18.0 Å². The molecule has 0 saturated carbocycles. The van der Waals surface area contributed by atoms with Gasteiger partial charge in [-0.15, -0.1) is 12.3 Å². The van der Waals surface area contributed by atoms with Gasteiger partial charge in [-0.1, -0.05) is 24.3 Å². The SMILES string of the molecule is C#CC.COCCNc1ccc(/C=C/c2cc(F)cnc2N)cc1. The van der Waals surface area contributed by atoms with E-state index in [1.807, 2.05) is 30.3 Å². The highest BCUT2D eigenvalue weighted by Crippen LogP contribution is 2.16. The minimum Gasteiger partial charge on any atom is -0.383 e. The van der Waals surface area contributed by atoms with Gasteiger partial charge in [0.2, 0.25) is 0 Å². The number of terminal acetylenes is 1. The van der Waals surface area contributed by atoms with E-state index in [1.165, 1.54) is 6.07 Å². The first kappa shape index (κ1) is 19.2. The molecule has 4 nitrogen and oxygen atoms in total. The van der Waals surface area contributed by atoms with Gasteiger partial charge in [-0.2, -0.15) is 0 Å². The van der Waals surface area contributed by atoms with E-state index in [1.54, 1.807) is 20.1 Å². The summed E-state index contributed by atoms with van der Waals surface area (Å²) in [5, 5.41) is 3.23. The van der Waals surface area contributed by atoms with Gasteiger partial charge in [-0.05, 0) is 30.7 Å². The highest BCUT2D eigenvalue weighted by Gasteiger charge is 1.99. The summed E-state index contributed by atoms with van der Waals surface area (Å²) in [7, 11) is 1.67. The number of nitrogens with one attached hydrogen (secondary N) is 1. The summed E-state index contributed by atoms with van der Waals surface area (Å²) in [6, 6.07) is 9.24. The van der Waals surface area contributed by atoms with E-state index in [0.717, 1.165) is 24.0 Å². The molecule has 2 aromatic rings. The van der Waals surface area contributed by atoms with Crippen molar-refractivity contribution in [3.05, 3.63) is 53.5 Å². The molecule has 0 aliphatic carbocycles. The Morgan fingerprint density at radius 3 is 2.62 bits per heavy atom. The third-order valence-corrected chi connectivity index (χ3v) is 2.92. The number of pyridine rings is 1. The number of aromatic nitrogens is 1. The predicted octanol–water partition coefficient (Wildman–Crippen LogP) is 3.67. The third-order valence-electron chi connectivity index (χ3n) is 2.92. The van der Waals surface area contributed by atoms with Crippen LogP contribution in [0.3, 0.4) is 0 Å². The van der Waals surface area contributed by atoms with Crippen molar-refractivity contribution in [2.75, 3.05) is 31.3 Å². The summed E-state index contributed by atoms with van der Waals surface area (Å²) >= 11 is 0. The molecule has 3 N–H and O–H groups in total. The molecule has 0 atom stereocenters. The van der Waals surface area contributed by atoms with Gasteiger partial charge in [-0.3, -0.25) is 0 Å². The van der Waals surface area contributed by atoms with E-state index in [9.17, 15) is 4.39 Å². The molecule has 24 heavy (non-hydrogen) atoms. The first-order valence-electron chi connectivity index (χ1n) is 7.40. The zero-order chi connectivity index (χ0) is 17.8. The lowest BCUT2D eigenvalue weighted by molar-refractivity contribution is 0.211. The molecular weight excluding hydrogens is 305 g/mol. The van der Waals surface area contributed by atoms with Gasteiger partial charge in [0.15, 0.2) is 0 Å². The largest absolute Gasteiger partial charge is 0.383 e. The molecule has 0 aliphatic rings. The predicted molar refractivity (Wildman–Crippen MR) is 98.9 cm³/mol. The summed E-state index contributed by atoms with van der Waals surface area (Å²) in [4.78, 5) is 3.78. The molecule has 0 saturated heterocycles. The minimum atomic E-state index is -0.401. The number of nitrogens with zero attached hydrogens (tertiary/aromatic N) is 1. The first-order chi connectivity index (χ1) is 11.6. The Kier molecular flexibility index (Phi) is 8.65. The Balaban J connectivity index is 0.000000891. The summed E-state index contributed by atoms with van der Waals surface area (Å²) in [5.41, 5.74) is 8.28. The molecule has 0 radical (unpaired) electrons. The molecular formula is C19H22FN3O. The molecule has 1 aromatic heterocycles. The van der Waals surface area contributed by atoms with Crippen molar-refractivity contribution in [3.63, 3.8) is 0 Å². The van der Waals surface area contributed by atoms with Crippen molar-refractivity contribution in [1.82, 2.24) is 4.98 Å². The normalized spacial score (nSPS) is 9.92. The second-order valence-electron chi connectivity index (χ2n) is 4.79. The number of rotatable bonds is 6. The standard InChI is InChI=1S/C16H18FN3O.C3H4/c1-21-9-8-19-15-6-3-12(4-7-15)2-5-13-10-14(17)11-20-16(13)18;1-3-2/h2-7,10-11,19H,8-9H2,1H3,(H2,18,20);1H,2H3/b5-2+;. The van der Waals surface area contributed by atoms with Gasteiger partial charge in [0.05, 0.1) is 12.8 Å². The van der Waals surface area contributed by atoms with Crippen LogP contribution >= 0.6 is 0 Å². The molecule has 0 aliphatic heterocycles. The van der Waals surface area contributed by atoms with Gasteiger partial charge in [-0.25, -0.2) is 9.37 Å². The Hall–Kier alpha value is -2.84. The number of benzene rings is 1. The van der Waals surface area contributed by atoms with Crippen LogP contribution in [0.1, 0.15) is 18.1 Å². The van der Waals surface area contributed by atoms with Crippen LogP contribution in [0.25, 0.3) is 12.2 Å². The monoisotopic (exact) mass is 327 g/mol. The Bertz CT molecular complexity index is 691. The highest BCUT2D eigenvalue weighted by molar-refractivity contribution is 5.74. The number of hydrogen-bond acceptors (Lipinski definition) is 4. The number of halogens is 1. The fraction of sp³-hybridized carbons (Fsp3) is 0.211. The lowest BCUT2D eigenvalue weighted by atomic mass is 10.1. The van der Waals surface area contributed by atoms with Crippen molar-refractivity contribution in [2.24, 2.45) is 0 Å². The maximum absolute atomic E-state index is 13.1. The molecule has 1 aromatic carbocycles. The van der Waals surface area contributed by atoms with Crippen LogP contribution in [0.5, 0.6) is 0 Å². The Labute approximate surface area is 142 Å². The van der Waals surface area contributed by atoms with Crippen molar-refractivity contribution >= 4 is 23.7 Å². The maximum atomic E-state index is 13.1. The van der Waals surface area contributed by atoms with Crippen LogP contribution in [0.2, 0.25) is 0 Å². The second-order valence-corrected chi connectivity index (χ2v) is 4.79. The summed E-state index contributed by atoms with van der Waals surface area (Å²) in [6.45, 7) is 3.07. The molecule has 126 valence electrons. The first-order valence-corrected chi connectivity index (χ1v) is 7.40. The molecule has 2 rings (SSSR count). The lowest BCUT2D eigenvalue weighted by Crippen LogP contribution is -2.07. The van der Waals surface area contributed by atoms with Gasteiger partial charge in [0, 0.05) is 24.9 Å². The van der Waals surface area contributed by atoms with Crippen LogP contribution in [-0.4, -0.2) is 25.2 Å². The Morgan fingerprint density at radius 2 is 2.00 bits per heavy atom. The number of methoxy groups -OCH3 is 1. The van der Waals surface area contributed by atoms with E-state index in [2.05, 4.69) is 22.6 Å². The molecule has 1 heterocycles. The molecule has 0 spiro atoms. The average molecular weight is 327 g/mol. The average Bonchev–Trinajstić information content (AvgIpc) is 2.58. The van der Waals surface area contributed by atoms with Crippen LogP contribution in [0, 0.1) is 18.2 Å². The highest BCUT2D eigenvalue weighted by atomic mass is 19.1. The molecule has 0 fully saturated rings. The third kappa shape index (κ3) is 6.95. The number of nitrogen functional groups attached to an aromatic ring is 1. The van der Waals surface area contributed by atoms with E-state index < -0.39 is 5.82 Å². The summed E-state index contributed by atoms with van der Waals surface area (Å²) in [5.74, 6) is 2.16. The fourth-order valence-corrected chi connectivity index (χ4v) is 1.79. The smallest absolute Gasteiger partial charge is 0.142 e. The molecule has 0 unspecified atom stereocenters. The Morgan fingerprint density at radius 1 is 1.33 bits per heavy atom. The van der Waals surface area contributed by atoms with Gasteiger partial charge < -0.3 is 15.8 Å². The zero-order valence-corrected chi connectivity index (χ0v) is 13.9. The number of hydrogen-bond donors (Lipinski definition) is 2. The van der Waals surface area contributed by atoms with Crippen molar-refractivity contribution in [1.29, 1.82) is 0 Å². The van der Waals surface area contributed by atoms with Crippen LogP contribution in [0.4, 0.5) is 15.9 Å². The van der Waals surface area contributed by atoms with Crippen LogP contribution in [0.15, 0.2) is 36.5 Å². The van der Waals surface area contributed by atoms with Crippen molar-refractivity contribution in [3.8, 4) is 12.3 Å². The van der Waals surface area contributed by atoms with Gasteiger partial charge in [0.25, 0.3) is 0 Å². The van der Waals surface area contributed by atoms with E-state index in [4.69, 9.17) is 10.5 Å². The number of anilines is 2. The summed E-state index contributed by atoms with van der Waals surface area (Å²) in [6.07, 6.45) is 9.32. The number of nitrogens with two attached hydrogens (primary N) is 1. The molecule has 0 amide bonds. The van der Waals surface area contributed by atoms with Crippen molar-refractivity contribution in [2.45, 2.75) is 6.92 Å². The molecule has 5 heteroatoms. The van der Waals surface area contributed by atoms with Gasteiger partial charge >= 0.3 is 0 Å². The van der Waals surface area contributed by atoms with Crippen LogP contribution < -0.4 is 11.1 Å². The lowest BCUT2D eigenvalue weighted by Gasteiger charge is -2.05. The van der Waals surface area contributed by atoms with E-state index >= 15 is 0 Å². The zero-order valence-electron chi connectivity index (χ0n) is 13.9. The van der Waals surface area contributed by atoms with Gasteiger partial charge in [0.1, 0.15) is 11.6 Å².